The largest absolute Gasteiger partial charge is 0.450 e. The minimum atomic E-state index is -0.979. The summed E-state index contributed by atoms with van der Waals surface area (Å²) in [6, 6.07) is 6.50. The molecule has 120 valence electrons. The Hall–Kier alpha value is -2.12. The van der Waals surface area contributed by atoms with Crippen LogP contribution in [0.3, 0.4) is 0 Å². The minimum Gasteiger partial charge on any atom is -0.450 e. The average Bonchev–Trinajstić information content (AvgIpc) is 2.93. The number of furan rings is 1. The van der Waals surface area contributed by atoms with E-state index in [4.69, 9.17) is 20.8 Å². The van der Waals surface area contributed by atoms with Crippen LogP contribution in [-0.4, -0.2) is 23.0 Å². The molecule has 1 amide bonds. The number of rotatable bonds is 5. The predicted molar refractivity (Wildman–Crippen MR) is 88.9 cm³/mol. The summed E-state index contributed by atoms with van der Waals surface area (Å²) in [7, 11) is 0. The van der Waals surface area contributed by atoms with E-state index in [1.807, 2.05) is 0 Å². The molecule has 0 fully saturated rings. The molecule has 1 atom stereocenters. The molecule has 0 aliphatic heterocycles. The Bertz CT molecular complexity index is 727. The Labute approximate surface area is 145 Å². The second-order valence-electron chi connectivity index (χ2n) is 4.41. The maximum absolute atomic E-state index is 11.9. The van der Waals surface area contributed by atoms with Crippen molar-refractivity contribution in [2.45, 2.75) is 13.0 Å². The standard InChI is InChI=1S/C15H12BrClN2O4/c1-9(15(21)19-13-6-2-10(17)8-18-13)22-14(20)7-4-11-3-5-12(16)23-11/h2-9H,1H3,(H,18,19,21)/b7-4+/t9-/m1/s1. The lowest BCUT2D eigenvalue weighted by molar-refractivity contribution is -0.148. The molecule has 1 N–H and O–H groups in total. The highest BCUT2D eigenvalue weighted by Crippen LogP contribution is 2.15. The number of esters is 1. The van der Waals surface area contributed by atoms with E-state index in [9.17, 15) is 9.59 Å². The maximum Gasteiger partial charge on any atom is 0.331 e. The van der Waals surface area contributed by atoms with E-state index in [1.165, 1.54) is 25.3 Å². The lowest BCUT2D eigenvalue weighted by atomic mass is 10.3. The van der Waals surface area contributed by atoms with Crippen LogP contribution >= 0.6 is 27.5 Å². The molecule has 8 heteroatoms. The van der Waals surface area contributed by atoms with Gasteiger partial charge in [0.2, 0.25) is 0 Å². The second kappa shape index (κ2) is 7.94. The third-order valence-electron chi connectivity index (χ3n) is 2.62. The van der Waals surface area contributed by atoms with Crippen LogP contribution in [0.15, 0.2) is 45.6 Å². The van der Waals surface area contributed by atoms with Crippen molar-refractivity contribution >= 4 is 51.3 Å². The molecule has 0 radical (unpaired) electrons. The number of carbonyl (C=O) groups excluding carboxylic acids is 2. The molecule has 0 bridgehead atoms. The molecule has 2 heterocycles. The number of amides is 1. The van der Waals surface area contributed by atoms with Gasteiger partial charge < -0.3 is 14.5 Å². The summed E-state index contributed by atoms with van der Waals surface area (Å²) in [5.74, 6) is -0.360. The number of halogens is 2. The summed E-state index contributed by atoms with van der Waals surface area (Å²) in [5.41, 5.74) is 0. The third-order valence-corrected chi connectivity index (χ3v) is 3.27. The Kier molecular flexibility index (Phi) is 5.95. The highest BCUT2D eigenvalue weighted by Gasteiger charge is 2.17. The number of anilines is 1. The highest BCUT2D eigenvalue weighted by molar-refractivity contribution is 9.10. The minimum absolute atomic E-state index is 0.318. The van der Waals surface area contributed by atoms with E-state index in [0.717, 1.165) is 0 Å². The van der Waals surface area contributed by atoms with Crippen molar-refractivity contribution in [3.63, 3.8) is 0 Å². The molecule has 0 saturated carbocycles. The fourth-order valence-electron chi connectivity index (χ4n) is 1.51. The van der Waals surface area contributed by atoms with Gasteiger partial charge in [0.1, 0.15) is 11.6 Å². The van der Waals surface area contributed by atoms with Gasteiger partial charge in [-0.05, 0) is 53.2 Å². The van der Waals surface area contributed by atoms with Crippen molar-refractivity contribution in [1.29, 1.82) is 0 Å². The number of pyridine rings is 1. The molecule has 6 nitrogen and oxygen atoms in total. The van der Waals surface area contributed by atoms with Gasteiger partial charge in [0.05, 0.1) is 5.02 Å². The fourth-order valence-corrected chi connectivity index (χ4v) is 1.94. The van der Waals surface area contributed by atoms with E-state index in [-0.39, 0.29) is 0 Å². The van der Waals surface area contributed by atoms with Gasteiger partial charge in [-0.25, -0.2) is 9.78 Å². The van der Waals surface area contributed by atoms with Gasteiger partial charge in [-0.1, -0.05) is 11.6 Å². The van der Waals surface area contributed by atoms with Crippen molar-refractivity contribution in [2.24, 2.45) is 0 Å². The molecule has 0 aromatic carbocycles. The van der Waals surface area contributed by atoms with E-state index < -0.39 is 18.0 Å². The van der Waals surface area contributed by atoms with Crippen LogP contribution in [0.1, 0.15) is 12.7 Å². The number of nitrogens with zero attached hydrogens (tertiary/aromatic N) is 1. The summed E-state index contributed by atoms with van der Waals surface area (Å²) in [6.45, 7) is 1.46. The molecular formula is C15H12BrClN2O4. The topological polar surface area (TPSA) is 81.4 Å². The van der Waals surface area contributed by atoms with Crippen molar-refractivity contribution in [3.05, 3.63) is 52.0 Å². The number of hydrogen-bond acceptors (Lipinski definition) is 5. The first-order valence-corrected chi connectivity index (χ1v) is 7.67. The van der Waals surface area contributed by atoms with Crippen LogP contribution in [-0.2, 0) is 14.3 Å². The van der Waals surface area contributed by atoms with Gasteiger partial charge in [-0.15, -0.1) is 0 Å². The maximum atomic E-state index is 11.9. The molecular weight excluding hydrogens is 388 g/mol. The number of nitrogens with one attached hydrogen (secondary N) is 1. The molecule has 0 saturated heterocycles. The van der Waals surface area contributed by atoms with Gasteiger partial charge in [-0.3, -0.25) is 4.79 Å². The molecule has 2 aromatic rings. The zero-order chi connectivity index (χ0) is 16.8. The first kappa shape index (κ1) is 17.2. The van der Waals surface area contributed by atoms with E-state index in [0.29, 0.717) is 21.3 Å². The Morgan fingerprint density at radius 1 is 1.39 bits per heavy atom. The normalized spacial score (nSPS) is 12.1. The molecule has 2 aromatic heterocycles. The van der Waals surface area contributed by atoms with Crippen LogP contribution in [0, 0.1) is 0 Å². The van der Waals surface area contributed by atoms with Crippen LogP contribution in [0.25, 0.3) is 6.08 Å². The van der Waals surface area contributed by atoms with Crippen molar-refractivity contribution in [3.8, 4) is 0 Å². The Morgan fingerprint density at radius 2 is 2.17 bits per heavy atom. The summed E-state index contributed by atoms with van der Waals surface area (Å²) in [5, 5.41) is 2.97. The zero-order valence-electron chi connectivity index (χ0n) is 12.0. The molecule has 0 unspecified atom stereocenters. The zero-order valence-corrected chi connectivity index (χ0v) is 14.3. The summed E-state index contributed by atoms with van der Waals surface area (Å²) in [4.78, 5) is 27.5. The first-order valence-electron chi connectivity index (χ1n) is 6.50. The number of carbonyl (C=O) groups is 2. The van der Waals surface area contributed by atoms with Crippen LogP contribution in [0.2, 0.25) is 5.02 Å². The van der Waals surface area contributed by atoms with E-state index >= 15 is 0 Å². The highest BCUT2D eigenvalue weighted by atomic mass is 79.9. The van der Waals surface area contributed by atoms with Gasteiger partial charge in [0.15, 0.2) is 10.8 Å². The van der Waals surface area contributed by atoms with Gasteiger partial charge >= 0.3 is 5.97 Å². The predicted octanol–water partition coefficient (Wildman–Crippen LogP) is 3.67. The lowest BCUT2D eigenvalue weighted by Crippen LogP contribution is -2.29. The second-order valence-corrected chi connectivity index (χ2v) is 5.62. The lowest BCUT2D eigenvalue weighted by Gasteiger charge is -2.11. The SMILES string of the molecule is C[C@@H](OC(=O)/C=C/c1ccc(Br)o1)C(=O)Nc1ccc(Cl)cn1. The molecule has 0 aliphatic carbocycles. The molecule has 23 heavy (non-hydrogen) atoms. The van der Waals surface area contributed by atoms with Crippen LogP contribution < -0.4 is 5.32 Å². The molecule has 2 rings (SSSR count). The Morgan fingerprint density at radius 3 is 2.78 bits per heavy atom. The van der Waals surface area contributed by atoms with Gasteiger partial charge in [0, 0.05) is 12.3 Å². The summed E-state index contributed by atoms with van der Waals surface area (Å²) >= 11 is 8.85. The van der Waals surface area contributed by atoms with E-state index in [2.05, 4.69) is 26.2 Å². The fraction of sp³-hybridized carbons (Fsp3) is 0.133. The smallest absolute Gasteiger partial charge is 0.331 e. The summed E-state index contributed by atoms with van der Waals surface area (Å²) < 4.78 is 10.7. The van der Waals surface area contributed by atoms with Crippen molar-refractivity contribution < 1.29 is 18.7 Å². The molecule has 0 aliphatic rings. The molecule has 0 spiro atoms. The van der Waals surface area contributed by atoms with Crippen molar-refractivity contribution in [1.82, 2.24) is 4.98 Å². The van der Waals surface area contributed by atoms with E-state index in [1.54, 1.807) is 24.3 Å². The van der Waals surface area contributed by atoms with Crippen molar-refractivity contribution in [2.75, 3.05) is 5.32 Å². The summed E-state index contributed by atoms with van der Waals surface area (Å²) in [6.07, 6.45) is 3.04. The van der Waals surface area contributed by atoms with Gasteiger partial charge in [0.25, 0.3) is 5.91 Å². The van der Waals surface area contributed by atoms with Crippen LogP contribution in [0.4, 0.5) is 5.82 Å². The number of aromatic nitrogens is 1. The van der Waals surface area contributed by atoms with Crippen LogP contribution in [0.5, 0.6) is 0 Å². The number of ether oxygens (including phenoxy) is 1. The van der Waals surface area contributed by atoms with Gasteiger partial charge in [-0.2, -0.15) is 0 Å². The first-order chi connectivity index (χ1) is 10.9. The average molecular weight is 400 g/mol. The third kappa shape index (κ3) is 5.54. The monoisotopic (exact) mass is 398 g/mol. The quantitative estimate of drug-likeness (QED) is 0.613. The Balaban J connectivity index is 1.86. The number of hydrogen-bond donors (Lipinski definition) is 1.